The molecule has 17 heavy (non-hydrogen) atoms. The van der Waals surface area contributed by atoms with E-state index in [2.05, 4.69) is 43.9 Å². The molecule has 92 valence electrons. The molecule has 5 N–H and O–H groups in total. The van der Waals surface area contributed by atoms with Gasteiger partial charge < -0.3 is 21.7 Å². The number of nitrogens with two attached hydrogens (primary N) is 1. The van der Waals surface area contributed by atoms with Gasteiger partial charge in [-0.15, -0.1) is 0 Å². The Bertz CT molecular complexity index is 442. The molecular formula is C10H17N7. The number of nitrogen functional groups attached to an aromatic ring is 1. The second-order valence-corrected chi connectivity index (χ2v) is 4.04. The molecule has 1 aliphatic heterocycles. The van der Waals surface area contributed by atoms with Crippen molar-refractivity contribution in [2.75, 3.05) is 23.4 Å². The van der Waals surface area contributed by atoms with Gasteiger partial charge >= 0.3 is 0 Å². The zero-order valence-electron chi connectivity index (χ0n) is 10.2. The maximum atomic E-state index is 5.60. The third kappa shape index (κ3) is 2.55. The molecule has 2 unspecified atom stereocenters. The number of allylic oxidation sites excluding steroid dienone is 1. The van der Waals surface area contributed by atoms with Crippen molar-refractivity contribution >= 4 is 17.8 Å². The number of rotatable bonds is 3. The lowest BCUT2D eigenvalue weighted by molar-refractivity contribution is 0.623. The minimum absolute atomic E-state index is 0.154. The van der Waals surface area contributed by atoms with E-state index in [0.29, 0.717) is 17.9 Å². The topological polar surface area (TPSA) is 101 Å². The Kier molecular flexibility index (Phi) is 2.99. The molecule has 0 spiro atoms. The lowest BCUT2D eigenvalue weighted by Crippen LogP contribution is -2.34. The summed E-state index contributed by atoms with van der Waals surface area (Å²) in [5.41, 5.74) is 6.74. The summed E-state index contributed by atoms with van der Waals surface area (Å²) in [5.74, 6) is 1.14. The summed E-state index contributed by atoms with van der Waals surface area (Å²) in [6, 6.07) is 0.451. The largest absolute Gasteiger partial charge is 0.384 e. The molecule has 2 atom stereocenters. The Morgan fingerprint density at radius 3 is 2.59 bits per heavy atom. The van der Waals surface area contributed by atoms with E-state index in [0.717, 1.165) is 5.70 Å². The van der Waals surface area contributed by atoms with Gasteiger partial charge in [0.2, 0.25) is 17.8 Å². The number of anilines is 3. The predicted molar refractivity (Wildman–Crippen MR) is 67.6 cm³/mol. The Balaban J connectivity index is 2.16. The summed E-state index contributed by atoms with van der Waals surface area (Å²) in [6.07, 6.45) is 2.10. The summed E-state index contributed by atoms with van der Waals surface area (Å²) < 4.78 is 0. The first-order chi connectivity index (χ1) is 8.08. The van der Waals surface area contributed by atoms with Crippen LogP contribution in [0.2, 0.25) is 0 Å². The molecule has 1 aromatic rings. The van der Waals surface area contributed by atoms with Crippen molar-refractivity contribution in [1.29, 1.82) is 0 Å². The molecule has 7 nitrogen and oxygen atoms in total. The molecule has 0 aliphatic carbocycles. The highest BCUT2D eigenvalue weighted by Crippen LogP contribution is 2.14. The van der Waals surface area contributed by atoms with Gasteiger partial charge in [-0.05, 0) is 19.9 Å². The van der Waals surface area contributed by atoms with E-state index in [1.807, 2.05) is 6.92 Å². The molecule has 0 radical (unpaired) electrons. The fourth-order valence-corrected chi connectivity index (χ4v) is 1.80. The van der Waals surface area contributed by atoms with Gasteiger partial charge in [-0.3, -0.25) is 0 Å². The minimum Gasteiger partial charge on any atom is -0.384 e. The molecule has 2 heterocycles. The zero-order valence-corrected chi connectivity index (χ0v) is 10.2. The van der Waals surface area contributed by atoms with E-state index in [1.165, 1.54) is 0 Å². The van der Waals surface area contributed by atoms with E-state index < -0.39 is 0 Å². The molecule has 1 aromatic heterocycles. The quantitative estimate of drug-likeness (QED) is 0.592. The molecule has 0 amide bonds. The lowest BCUT2D eigenvalue weighted by Gasteiger charge is -2.17. The Hall–Kier alpha value is -2.05. The van der Waals surface area contributed by atoms with Gasteiger partial charge in [0.1, 0.15) is 0 Å². The van der Waals surface area contributed by atoms with Crippen LogP contribution in [0.3, 0.4) is 0 Å². The highest BCUT2D eigenvalue weighted by atomic mass is 15.3. The van der Waals surface area contributed by atoms with Crippen molar-refractivity contribution in [3.63, 3.8) is 0 Å². The molecule has 0 saturated carbocycles. The lowest BCUT2D eigenvalue weighted by atomic mass is 10.2. The summed E-state index contributed by atoms with van der Waals surface area (Å²) >= 11 is 0. The van der Waals surface area contributed by atoms with Crippen LogP contribution in [0.1, 0.15) is 13.8 Å². The van der Waals surface area contributed by atoms with E-state index >= 15 is 0 Å². The minimum atomic E-state index is 0.154. The normalized spacial score (nSPS) is 22.9. The maximum absolute atomic E-state index is 5.60. The van der Waals surface area contributed by atoms with Crippen molar-refractivity contribution in [3.05, 3.63) is 11.8 Å². The number of aromatic nitrogens is 3. The first-order valence-corrected chi connectivity index (χ1v) is 5.49. The van der Waals surface area contributed by atoms with Crippen molar-refractivity contribution in [2.24, 2.45) is 0 Å². The van der Waals surface area contributed by atoms with Crippen LogP contribution < -0.4 is 21.7 Å². The number of hydrogen-bond donors (Lipinski definition) is 4. The highest BCUT2D eigenvalue weighted by molar-refractivity contribution is 5.41. The van der Waals surface area contributed by atoms with Crippen LogP contribution in [-0.2, 0) is 0 Å². The summed E-state index contributed by atoms with van der Waals surface area (Å²) in [5, 5.41) is 9.37. The Morgan fingerprint density at radius 2 is 2.00 bits per heavy atom. The third-order valence-electron chi connectivity index (χ3n) is 2.60. The van der Waals surface area contributed by atoms with Crippen LogP contribution in [0.15, 0.2) is 11.8 Å². The Morgan fingerprint density at radius 1 is 1.29 bits per heavy atom. The molecule has 0 fully saturated rings. The fourth-order valence-electron chi connectivity index (χ4n) is 1.80. The average Bonchev–Trinajstić information content (AvgIpc) is 2.56. The number of hydrogen-bond acceptors (Lipinski definition) is 7. The molecule has 2 rings (SSSR count). The van der Waals surface area contributed by atoms with Crippen LogP contribution in [-0.4, -0.2) is 34.1 Å². The van der Waals surface area contributed by atoms with E-state index in [-0.39, 0.29) is 12.0 Å². The van der Waals surface area contributed by atoms with Crippen LogP contribution >= 0.6 is 0 Å². The molecule has 0 saturated heterocycles. The van der Waals surface area contributed by atoms with Crippen molar-refractivity contribution < 1.29 is 0 Å². The first-order valence-electron chi connectivity index (χ1n) is 5.49. The van der Waals surface area contributed by atoms with Gasteiger partial charge in [0.05, 0.1) is 6.04 Å². The van der Waals surface area contributed by atoms with E-state index in [9.17, 15) is 0 Å². The SMILES string of the molecule is CNc1nc(N)nc(NC2C=C(C)NC2C)n1. The first kappa shape index (κ1) is 11.4. The smallest absolute Gasteiger partial charge is 0.229 e. The molecular weight excluding hydrogens is 218 g/mol. The van der Waals surface area contributed by atoms with Gasteiger partial charge in [-0.2, -0.15) is 15.0 Å². The molecule has 0 bridgehead atoms. The van der Waals surface area contributed by atoms with Crippen LogP contribution in [0, 0.1) is 0 Å². The summed E-state index contributed by atoms with van der Waals surface area (Å²) in [7, 11) is 1.74. The van der Waals surface area contributed by atoms with Gasteiger partial charge in [0, 0.05) is 18.8 Å². The molecule has 7 heteroatoms. The van der Waals surface area contributed by atoms with Gasteiger partial charge in [-0.1, -0.05) is 0 Å². The number of nitrogens with zero attached hydrogens (tertiary/aromatic N) is 3. The molecule has 0 aromatic carbocycles. The molecule has 1 aliphatic rings. The Labute approximate surface area is 99.9 Å². The van der Waals surface area contributed by atoms with E-state index in [4.69, 9.17) is 5.73 Å². The van der Waals surface area contributed by atoms with E-state index in [1.54, 1.807) is 7.05 Å². The third-order valence-corrected chi connectivity index (χ3v) is 2.60. The maximum Gasteiger partial charge on any atom is 0.229 e. The summed E-state index contributed by atoms with van der Waals surface area (Å²) in [6.45, 7) is 4.12. The van der Waals surface area contributed by atoms with Crippen LogP contribution in [0.25, 0.3) is 0 Å². The standard InChI is InChI=1S/C10H17N7/c1-5-4-7(6(2)13-5)14-10-16-8(11)15-9(12-3)17-10/h4,6-7,13H,1-3H3,(H4,11,12,14,15,16,17). The van der Waals surface area contributed by atoms with Crippen molar-refractivity contribution in [1.82, 2.24) is 20.3 Å². The predicted octanol–water partition coefficient (Wildman–Crippen LogP) is 0.171. The van der Waals surface area contributed by atoms with Crippen molar-refractivity contribution in [3.8, 4) is 0 Å². The van der Waals surface area contributed by atoms with Crippen LogP contribution in [0.4, 0.5) is 17.8 Å². The second kappa shape index (κ2) is 4.44. The monoisotopic (exact) mass is 235 g/mol. The highest BCUT2D eigenvalue weighted by Gasteiger charge is 2.21. The van der Waals surface area contributed by atoms with Gasteiger partial charge in [-0.25, -0.2) is 0 Å². The van der Waals surface area contributed by atoms with Crippen molar-refractivity contribution in [2.45, 2.75) is 25.9 Å². The fraction of sp³-hybridized carbons (Fsp3) is 0.500. The van der Waals surface area contributed by atoms with Crippen LogP contribution in [0.5, 0.6) is 0 Å². The zero-order chi connectivity index (χ0) is 12.4. The summed E-state index contributed by atoms with van der Waals surface area (Å²) in [4.78, 5) is 12.2. The second-order valence-electron chi connectivity index (χ2n) is 4.04. The average molecular weight is 235 g/mol. The van der Waals surface area contributed by atoms with Gasteiger partial charge in [0.25, 0.3) is 0 Å². The number of nitrogens with one attached hydrogen (secondary N) is 3. The van der Waals surface area contributed by atoms with Gasteiger partial charge in [0.15, 0.2) is 0 Å².